The Morgan fingerprint density at radius 3 is 1.76 bits per heavy atom. The molecule has 0 unspecified atom stereocenters. The first kappa shape index (κ1) is 13.0. The van der Waals surface area contributed by atoms with Crippen molar-refractivity contribution in [1.82, 2.24) is 0 Å². The Labute approximate surface area is 93.0 Å². The summed E-state index contributed by atoms with van der Waals surface area (Å²) in [5.41, 5.74) is -1.41. The van der Waals surface area contributed by atoms with Crippen molar-refractivity contribution in [3.05, 3.63) is 38.4 Å². The Morgan fingerprint density at radius 1 is 1.06 bits per heavy atom. The molecule has 1 rings (SSSR count). The van der Waals surface area contributed by atoms with Crippen LogP contribution >= 0.6 is 7.82 Å². The van der Waals surface area contributed by atoms with Gasteiger partial charge in [0.15, 0.2) is 0 Å². The highest BCUT2D eigenvalue weighted by molar-refractivity contribution is 7.46. The molecule has 0 atom stereocenters. The van der Waals surface area contributed by atoms with Crippen LogP contribution in [0.5, 0.6) is 5.75 Å². The highest BCUT2D eigenvalue weighted by Crippen LogP contribution is 2.40. The lowest BCUT2D eigenvalue weighted by Crippen LogP contribution is -1.96. The molecule has 10 nitrogen and oxygen atoms in total. The minimum absolute atomic E-state index is 0.645. The summed E-state index contributed by atoms with van der Waals surface area (Å²) < 4.78 is 14.5. The minimum Gasteiger partial charge on any atom is -0.404 e. The zero-order chi connectivity index (χ0) is 13.2. The summed E-state index contributed by atoms with van der Waals surface area (Å²) in [6, 6.07) is 1.99. The molecule has 1 aromatic carbocycles. The summed E-state index contributed by atoms with van der Waals surface area (Å²) in [6.07, 6.45) is 0. The fourth-order valence-electron chi connectivity index (χ4n) is 0.969. The molecule has 0 heterocycles. The lowest BCUT2D eigenvalue weighted by molar-refractivity contribution is -0.394. The van der Waals surface area contributed by atoms with Gasteiger partial charge in [-0.2, -0.15) is 0 Å². The average molecular weight is 264 g/mol. The molecular formula is C6H5N2O8P. The Morgan fingerprint density at radius 2 is 1.47 bits per heavy atom. The first-order valence-corrected chi connectivity index (χ1v) is 5.41. The molecule has 0 saturated heterocycles. The van der Waals surface area contributed by atoms with Crippen molar-refractivity contribution in [3.63, 3.8) is 0 Å². The number of non-ortho nitro benzene ring substituents is 2. The van der Waals surface area contributed by atoms with Gasteiger partial charge in [-0.25, -0.2) is 4.57 Å². The second-order valence-corrected chi connectivity index (χ2v) is 3.94. The number of benzene rings is 1. The molecule has 0 aliphatic heterocycles. The smallest absolute Gasteiger partial charge is 0.404 e. The summed E-state index contributed by atoms with van der Waals surface area (Å²) in [5, 5.41) is 20.9. The Bertz CT molecular complexity index is 490. The molecule has 0 fully saturated rings. The van der Waals surface area contributed by atoms with Crippen LogP contribution in [0.2, 0.25) is 0 Å². The Kier molecular flexibility index (Phi) is 3.42. The number of nitro benzene ring substituents is 2. The van der Waals surface area contributed by atoms with Crippen LogP contribution in [0.3, 0.4) is 0 Å². The van der Waals surface area contributed by atoms with Crippen LogP contribution in [0.15, 0.2) is 18.2 Å². The number of hydrogen-bond acceptors (Lipinski definition) is 6. The van der Waals surface area contributed by atoms with E-state index in [-0.39, 0.29) is 0 Å². The van der Waals surface area contributed by atoms with Gasteiger partial charge in [-0.3, -0.25) is 30.0 Å². The van der Waals surface area contributed by atoms with Crippen molar-refractivity contribution in [2.45, 2.75) is 0 Å². The maximum absolute atomic E-state index is 10.5. The van der Waals surface area contributed by atoms with Crippen LogP contribution in [0, 0.1) is 20.2 Å². The maximum atomic E-state index is 10.5. The average Bonchev–Trinajstić information content (AvgIpc) is 2.14. The molecule has 0 saturated carbocycles. The zero-order valence-corrected chi connectivity index (χ0v) is 8.81. The van der Waals surface area contributed by atoms with Crippen LogP contribution in [0.4, 0.5) is 11.4 Å². The van der Waals surface area contributed by atoms with Crippen LogP contribution < -0.4 is 4.52 Å². The summed E-state index contributed by atoms with van der Waals surface area (Å²) >= 11 is 0. The van der Waals surface area contributed by atoms with Crippen molar-refractivity contribution in [2.75, 3.05) is 0 Å². The topological polar surface area (TPSA) is 153 Å². The molecule has 1 aromatic rings. The van der Waals surface area contributed by atoms with Gasteiger partial charge in [0.25, 0.3) is 11.4 Å². The molecule has 0 aromatic heterocycles. The van der Waals surface area contributed by atoms with E-state index in [1.165, 1.54) is 0 Å². The monoisotopic (exact) mass is 264 g/mol. The molecule has 0 bridgehead atoms. The van der Waals surface area contributed by atoms with Crippen molar-refractivity contribution in [2.24, 2.45) is 0 Å². The third-order valence-electron chi connectivity index (χ3n) is 1.52. The van der Waals surface area contributed by atoms with Crippen molar-refractivity contribution in [3.8, 4) is 5.75 Å². The van der Waals surface area contributed by atoms with E-state index < -0.39 is 34.8 Å². The van der Waals surface area contributed by atoms with E-state index in [2.05, 4.69) is 4.52 Å². The number of phosphoric acid groups is 1. The fourth-order valence-corrected chi connectivity index (χ4v) is 1.35. The molecule has 0 amide bonds. The summed E-state index contributed by atoms with van der Waals surface area (Å²) in [4.78, 5) is 35.9. The van der Waals surface area contributed by atoms with Crippen molar-refractivity contribution in [1.29, 1.82) is 0 Å². The highest BCUT2D eigenvalue weighted by atomic mass is 31.2. The van der Waals surface area contributed by atoms with E-state index in [0.717, 1.165) is 0 Å². The van der Waals surface area contributed by atoms with E-state index in [1.807, 2.05) is 0 Å². The van der Waals surface area contributed by atoms with E-state index in [4.69, 9.17) is 9.79 Å². The first-order valence-electron chi connectivity index (χ1n) is 3.88. The third-order valence-corrected chi connectivity index (χ3v) is 1.97. The number of phosphoric ester groups is 1. The van der Waals surface area contributed by atoms with E-state index in [9.17, 15) is 24.8 Å². The van der Waals surface area contributed by atoms with Crippen LogP contribution in [0.1, 0.15) is 0 Å². The largest absolute Gasteiger partial charge is 0.524 e. The third kappa shape index (κ3) is 3.79. The normalized spacial score (nSPS) is 10.9. The van der Waals surface area contributed by atoms with Crippen LogP contribution in [-0.4, -0.2) is 19.6 Å². The van der Waals surface area contributed by atoms with E-state index >= 15 is 0 Å². The highest BCUT2D eigenvalue weighted by Gasteiger charge is 2.22. The molecule has 0 aliphatic carbocycles. The summed E-state index contributed by atoms with van der Waals surface area (Å²) in [5.74, 6) is -0.653. The lowest BCUT2D eigenvalue weighted by Gasteiger charge is -2.05. The van der Waals surface area contributed by atoms with Gasteiger partial charge in [0.2, 0.25) is 0 Å². The number of nitrogens with zero attached hydrogens (tertiary/aromatic N) is 2. The predicted molar refractivity (Wildman–Crippen MR) is 52.4 cm³/mol. The summed E-state index contributed by atoms with van der Waals surface area (Å²) in [6.45, 7) is 0. The molecule has 0 aliphatic rings. The van der Waals surface area contributed by atoms with Gasteiger partial charge in [0.05, 0.1) is 28.0 Å². The van der Waals surface area contributed by atoms with Crippen LogP contribution in [0.25, 0.3) is 0 Å². The number of nitro groups is 2. The van der Waals surface area contributed by atoms with Gasteiger partial charge in [-0.05, 0) is 0 Å². The van der Waals surface area contributed by atoms with Crippen LogP contribution in [-0.2, 0) is 4.57 Å². The summed E-state index contributed by atoms with van der Waals surface area (Å²) in [7, 11) is -4.93. The second-order valence-electron chi connectivity index (χ2n) is 2.78. The minimum atomic E-state index is -4.93. The standard InChI is InChI=1S/C6H5N2O8P/c9-7(10)4-1-5(8(11)12)3-6(2-4)16-17(13,14)15/h1-3H,(H2,13,14,15). The van der Waals surface area contributed by atoms with Crippen molar-refractivity contribution < 1.29 is 28.7 Å². The second kappa shape index (κ2) is 4.45. The molecule has 92 valence electrons. The van der Waals surface area contributed by atoms with Gasteiger partial charge < -0.3 is 4.52 Å². The molecule has 17 heavy (non-hydrogen) atoms. The molecule has 0 radical (unpaired) electrons. The van der Waals surface area contributed by atoms with Gasteiger partial charge in [0, 0.05) is 0 Å². The van der Waals surface area contributed by atoms with Crippen molar-refractivity contribution >= 4 is 19.2 Å². The SMILES string of the molecule is O=[N+]([O-])c1cc(OP(=O)(O)O)cc([N+](=O)[O-])c1. The predicted octanol–water partition coefficient (Wildman–Crippen LogP) is 0.974. The fraction of sp³-hybridized carbons (Fsp3) is 0. The first-order chi connectivity index (χ1) is 7.69. The van der Waals surface area contributed by atoms with Gasteiger partial charge in [-0.1, -0.05) is 0 Å². The molecule has 11 heteroatoms. The maximum Gasteiger partial charge on any atom is 0.524 e. The molecule has 2 N–H and O–H groups in total. The quantitative estimate of drug-likeness (QED) is 0.463. The van der Waals surface area contributed by atoms with E-state index in [0.29, 0.717) is 18.2 Å². The number of rotatable bonds is 4. The Balaban J connectivity index is 3.26. The van der Waals surface area contributed by atoms with Gasteiger partial charge in [0.1, 0.15) is 5.75 Å². The molecule has 0 spiro atoms. The molecular weight excluding hydrogens is 259 g/mol. The van der Waals surface area contributed by atoms with Gasteiger partial charge in [-0.15, -0.1) is 0 Å². The van der Waals surface area contributed by atoms with Gasteiger partial charge >= 0.3 is 7.82 Å². The Hall–Kier alpha value is -2.03. The lowest BCUT2D eigenvalue weighted by atomic mass is 10.2. The zero-order valence-electron chi connectivity index (χ0n) is 7.92. The van der Waals surface area contributed by atoms with E-state index in [1.54, 1.807) is 0 Å². The number of hydrogen-bond donors (Lipinski definition) is 2.